The van der Waals surface area contributed by atoms with Crippen molar-refractivity contribution in [2.45, 2.75) is 38.6 Å². The Balaban J connectivity index is 2.31. The number of hydrogen-bond acceptors (Lipinski definition) is 3. The van der Waals surface area contributed by atoms with Crippen LogP contribution in [0.1, 0.15) is 30.4 Å². The van der Waals surface area contributed by atoms with Gasteiger partial charge in [0.1, 0.15) is 5.82 Å². The van der Waals surface area contributed by atoms with Gasteiger partial charge in [0.05, 0.1) is 0 Å². The fraction of sp³-hybridized carbons (Fsp3) is 0.600. The average Bonchev–Trinajstić information content (AvgIpc) is 2.17. The lowest BCUT2D eigenvalue weighted by Crippen LogP contribution is -2.28. The van der Waals surface area contributed by atoms with E-state index in [0.29, 0.717) is 6.04 Å². The van der Waals surface area contributed by atoms with Crippen LogP contribution in [0, 0.1) is 0 Å². The third-order valence-corrected chi connectivity index (χ3v) is 2.55. The summed E-state index contributed by atoms with van der Waals surface area (Å²) in [6.45, 7) is 2.08. The number of aromatic nitrogens is 2. The highest BCUT2D eigenvalue weighted by Crippen LogP contribution is 2.17. The molecule has 3 nitrogen and oxygen atoms in total. The summed E-state index contributed by atoms with van der Waals surface area (Å²) >= 11 is 0. The molecule has 0 saturated carbocycles. The van der Waals surface area contributed by atoms with Crippen LogP contribution in [-0.2, 0) is 19.3 Å². The molecule has 1 aromatic rings. The molecule has 0 amide bonds. The molecule has 1 aliphatic carbocycles. The molecule has 0 fully saturated rings. The van der Waals surface area contributed by atoms with Crippen molar-refractivity contribution >= 4 is 0 Å². The second kappa shape index (κ2) is 3.42. The van der Waals surface area contributed by atoms with Gasteiger partial charge in [-0.15, -0.1) is 0 Å². The Bertz CT molecular complexity index is 309. The summed E-state index contributed by atoms with van der Waals surface area (Å²) in [5.74, 6) is 0.953. The van der Waals surface area contributed by atoms with Crippen molar-refractivity contribution in [3.05, 3.63) is 23.3 Å². The lowest BCUT2D eigenvalue weighted by atomic mass is 9.93. The topological polar surface area (TPSA) is 51.8 Å². The van der Waals surface area contributed by atoms with E-state index in [1.54, 1.807) is 0 Å². The molecule has 0 spiro atoms. The third-order valence-electron chi connectivity index (χ3n) is 2.55. The maximum Gasteiger partial charge on any atom is 0.128 e. The molecule has 0 saturated heterocycles. The van der Waals surface area contributed by atoms with Gasteiger partial charge < -0.3 is 5.73 Å². The van der Waals surface area contributed by atoms with Gasteiger partial charge in [-0.1, -0.05) is 6.92 Å². The van der Waals surface area contributed by atoms with Crippen molar-refractivity contribution in [1.29, 1.82) is 0 Å². The van der Waals surface area contributed by atoms with Crippen LogP contribution < -0.4 is 5.73 Å². The second-order valence-electron chi connectivity index (χ2n) is 3.61. The molecule has 13 heavy (non-hydrogen) atoms. The molecular formula is C10H15N3. The van der Waals surface area contributed by atoms with E-state index in [2.05, 4.69) is 16.9 Å². The molecule has 0 aromatic carbocycles. The molecule has 70 valence electrons. The summed E-state index contributed by atoms with van der Waals surface area (Å²) in [6, 6.07) is 0.309. The lowest BCUT2D eigenvalue weighted by Gasteiger charge is -2.20. The summed E-state index contributed by atoms with van der Waals surface area (Å²) in [6.07, 6.45) is 5.89. The Hall–Kier alpha value is -0.960. The van der Waals surface area contributed by atoms with Crippen LogP contribution in [0.15, 0.2) is 6.20 Å². The highest BCUT2D eigenvalue weighted by Gasteiger charge is 2.16. The van der Waals surface area contributed by atoms with Crippen LogP contribution in [0.3, 0.4) is 0 Å². The zero-order valence-electron chi connectivity index (χ0n) is 7.95. The van der Waals surface area contributed by atoms with Crippen molar-refractivity contribution in [2.24, 2.45) is 5.73 Å². The van der Waals surface area contributed by atoms with Crippen molar-refractivity contribution < 1.29 is 0 Å². The molecule has 0 bridgehead atoms. The van der Waals surface area contributed by atoms with Gasteiger partial charge in [0, 0.05) is 24.4 Å². The quantitative estimate of drug-likeness (QED) is 0.692. The fourth-order valence-corrected chi connectivity index (χ4v) is 1.75. The third kappa shape index (κ3) is 1.70. The van der Waals surface area contributed by atoms with Crippen LogP contribution >= 0.6 is 0 Å². The van der Waals surface area contributed by atoms with E-state index in [-0.39, 0.29) is 0 Å². The minimum atomic E-state index is 0.309. The zero-order chi connectivity index (χ0) is 9.26. The van der Waals surface area contributed by atoms with Crippen LogP contribution in [0.4, 0.5) is 0 Å². The van der Waals surface area contributed by atoms with Gasteiger partial charge in [-0.05, 0) is 24.8 Å². The molecular weight excluding hydrogens is 162 g/mol. The Morgan fingerprint density at radius 2 is 2.46 bits per heavy atom. The SMILES string of the molecule is CCc1ncc2c(n1)CCC(N)C2. The smallest absolute Gasteiger partial charge is 0.128 e. The maximum atomic E-state index is 5.86. The normalized spacial score (nSPS) is 21.2. The highest BCUT2D eigenvalue weighted by atomic mass is 14.9. The molecule has 1 heterocycles. The van der Waals surface area contributed by atoms with Gasteiger partial charge >= 0.3 is 0 Å². The van der Waals surface area contributed by atoms with Crippen molar-refractivity contribution in [3.63, 3.8) is 0 Å². The van der Waals surface area contributed by atoms with Gasteiger partial charge in [0.2, 0.25) is 0 Å². The predicted molar refractivity (Wildman–Crippen MR) is 51.4 cm³/mol. The molecule has 1 unspecified atom stereocenters. The Morgan fingerprint density at radius 1 is 1.62 bits per heavy atom. The van der Waals surface area contributed by atoms with E-state index < -0.39 is 0 Å². The van der Waals surface area contributed by atoms with Gasteiger partial charge in [-0.25, -0.2) is 9.97 Å². The summed E-state index contributed by atoms with van der Waals surface area (Å²) in [4.78, 5) is 8.78. The number of fused-ring (bicyclic) bond motifs is 1. The minimum absolute atomic E-state index is 0.309. The first-order valence-electron chi connectivity index (χ1n) is 4.89. The summed E-state index contributed by atoms with van der Waals surface area (Å²) in [5, 5.41) is 0. The first kappa shape index (κ1) is 8.63. The van der Waals surface area contributed by atoms with Crippen molar-refractivity contribution in [3.8, 4) is 0 Å². The van der Waals surface area contributed by atoms with E-state index in [0.717, 1.165) is 31.5 Å². The van der Waals surface area contributed by atoms with Crippen LogP contribution in [0.2, 0.25) is 0 Å². The molecule has 0 radical (unpaired) electrons. The molecule has 3 heteroatoms. The number of nitrogens with two attached hydrogens (primary N) is 1. The Kier molecular flexibility index (Phi) is 2.27. The summed E-state index contributed by atoms with van der Waals surface area (Å²) in [7, 11) is 0. The van der Waals surface area contributed by atoms with Gasteiger partial charge in [0.15, 0.2) is 0 Å². The van der Waals surface area contributed by atoms with E-state index in [9.17, 15) is 0 Å². The van der Waals surface area contributed by atoms with Crippen LogP contribution in [-0.4, -0.2) is 16.0 Å². The lowest BCUT2D eigenvalue weighted by molar-refractivity contribution is 0.560. The fourth-order valence-electron chi connectivity index (χ4n) is 1.75. The van der Waals surface area contributed by atoms with E-state index in [4.69, 9.17) is 5.73 Å². The molecule has 2 rings (SSSR count). The van der Waals surface area contributed by atoms with Crippen LogP contribution in [0.5, 0.6) is 0 Å². The number of hydrogen-bond donors (Lipinski definition) is 1. The van der Waals surface area contributed by atoms with Gasteiger partial charge in [0.25, 0.3) is 0 Å². The summed E-state index contributed by atoms with van der Waals surface area (Å²) < 4.78 is 0. The van der Waals surface area contributed by atoms with E-state index in [1.165, 1.54) is 11.3 Å². The molecule has 1 atom stereocenters. The van der Waals surface area contributed by atoms with Gasteiger partial charge in [-0.3, -0.25) is 0 Å². The van der Waals surface area contributed by atoms with Crippen molar-refractivity contribution in [1.82, 2.24) is 9.97 Å². The number of nitrogens with zero attached hydrogens (tertiary/aromatic N) is 2. The highest BCUT2D eigenvalue weighted by molar-refractivity contribution is 5.22. The van der Waals surface area contributed by atoms with Crippen LogP contribution in [0.25, 0.3) is 0 Å². The largest absolute Gasteiger partial charge is 0.327 e. The molecule has 1 aliphatic rings. The standard InChI is InChI=1S/C10H15N3/c1-2-10-12-6-7-5-8(11)3-4-9(7)13-10/h6,8H,2-5,11H2,1H3. The van der Waals surface area contributed by atoms with Crippen molar-refractivity contribution in [2.75, 3.05) is 0 Å². The van der Waals surface area contributed by atoms with Gasteiger partial charge in [-0.2, -0.15) is 0 Å². The monoisotopic (exact) mass is 177 g/mol. The number of aryl methyl sites for hydroxylation is 2. The zero-order valence-corrected chi connectivity index (χ0v) is 7.95. The van der Waals surface area contributed by atoms with E-state index in [1.807, 2.05) is 6.20 Å². The van der Waals surface area contributed by atoms with E-state index >= 15 is 0 Å². The number of rotatable bonds is 1. The predicted octanol–water partition coefficient (Wildman–Crippen LogP) is 0.855. The summed E-state index contributed by atoms with van der Waals surface area (Å²) in [5.41, 5.74) is 8.33. The first-order valence-corrected chi connectivity index (χ1v) is 4.89. The Morgan fingerprint density at radius 3 is 3.23 bits per heavy atom. The Labute approximate surface area is 78.4 Å². The average molecular weight is 177 g/mol. The first-order chi connectivity index (χ1) is 6.29. The molecule has 1 aromatic heterocycles. The minimum Gasteiger partial charge on any atom is -0.327 e. The molecule has 2 N–H and O–H groups in total. The maximum absolute atomic E-state index is 5.86. The molecule has 0 aliphatic heterocycles. The second-order valence-corrected chi connectivity index (χ2v) is 3.61.